The molecule has 1 rings (SSSR count). The van der Waals surface area contributed by atoms with E-state index in [0.717, 1.165) is 12.1 Å². The molecule has 0 saturated carbocycles. The fourth-order valence-electron chi connectivity index (χ4n) is 1.53. The van der Waals surface area contributed by atoms with Crippen LogP contribution >= 0.6 is 0 Å². The van der Waals surface area contributed by atoms with Crippen molar-refractivity contribution in [3.05, 3.63) is 29.8 Å². The van der Waals surface area contributed by atoms with E-state index in [1.165, 1.54) is 0 Å². The van der Waals surface area contributed by atoms with Crippen LogP contribution in [-0.2, 0) is 14.9 Å². The van der Waals surface area contributed by atoms with Gasteiger partial charge in [-0.1, -0.05) is 0 Å². The van der Waals surface area contributed by atoms with Gasteiger partial charge in [-0.3, -0.25) is 0 Å². The lowest BCUT2D eigenvalue weighted by atomic mass is 10.1. The van der Waals surface area contributed by atoms with Crippen LogP contribution in [0.25, 0.3) is 0 Å². The highest BCUT2D eigenvalue weighted by atomic mass is 32.2. The molecular weight excluding hydrogens is 374 g/mol. The maximum atomic E-state index is 12.9. The van der Waals surface area contributed by atoms with Gasteiger partial charge in [0.15, 0.2) is 0 Å². The van der Waals surface area contributed by atoms with E-state index < -0.39 is 51.1 Å². The van der Waals surface area contributed by atoms with E-state index in [0.29, 0.717) is 12.1 Å². The van der Waals surface area contributed by atoms with Crippen molar-refractivity contribution in [2.24, 2.45) is 0 Å². The molecule has 0 aromatic heterocycles. The van der Waals surface area contributed by atoms with Gasteiger partial charge in [-0.15, -0.1) is 0 Å². The van der Waals surface area contributed by atoms with Crippen LogP contribution in [0.1, 0.15) is 10.4 Å². The molecule has 1 aromatic carbocycles. The average molecular weight is 381 g/mol. The van der Waals surface area contributed by atoms with Gasteiger partial charge in [0, 0.05) is 0 Å². The number of carbonyl (C=O) groups is 1. The summed E-state index contributed by atoms with van der Waals surface area (Å²) in [4.78, 5) is 11.6. The highest BCUT2D eigenvalue weighted by Crippen LogP contribution is 2.47. The number of alkyl halides is 6. The number of aromatic hydroxyl groups is 1. The molecule has 1 aromatic rings. The van der Waals surface area contributed by atoms with E-state index in [4.69, 9.17) is 5.11 Å². The van der Waals surface area contributed by atoms with Crippen LogP contribution < -0.4 is 0 Å². The van der Waals surface area contributed by atoms with Crippen molar-refractivity contribution in [2.75, 3.05) is 5.75 Å². The normalized spacial score (nSPS) is 13.6. The van der Waals surface area contributed by atoms with Crippen LogP contribution in [0.4, 0.5) is 26.3 Å². The summed E-state index contributed by atoms with van der Waals surface area (Å²) < 4.78 is 112. The minimum absolute atomic E-state index is 0.452. The molecule has 136 valence electrons. The molecule has 0 radical (unpaired) electrons. The lowest BCUT2D eigenvalue weighted by molar-refractivity contribution is -0.356. The molecule has 0 spiro atoms. The first-order valence-electron chi connectivity index (χ1n) is 5.68. The van der Waals surface area contributed by atoms with Crippen LogP contribution in [0.15, 0.2) is 24.3 Å². The molecule has 0 atom stereocenters. The van der Waals surface area contributed by atoms with Crippen molar-refractivity contribution in [1.82, 2.24) is 0 Å². The number of rotatable bonds is 4. The Bertz CT molecular complexity index is 692. The standard InChI is InChI=1S/C11H8F6O6S/c12-10(13,14)9(11(15,16)17,5-24(20,21)22)23-8(19)6-1-3-7(18)4-2-6/h1-4,18H,5H2,(H,20,21,22)/p-1. The number of hydrogen-bond donors (Lipinski definition) is 1. The summed E-state index contributed by atoms with van der Waals surface area (Å²) in [5.41, 5.74) is -6.37. The molecule has 0 fully saturated rings. The Labute approximate surface area is 130 Å². The van der Waals surface area contributed by atoms with Crippen molar-refractivity contribution in [3.63, 3.8) is 0 Å². The highest BCUT2D eigenvalue weighted by molar-refractivity contribution is 7.85. The summed E-state index contributed by atoms with van der Waals surface area (Å²) in [6.07, 6.45) is -12.9. The van der Waals surface area contributed by atoms with Crippen molar-refractivity contribution in [2.45, 2.75) is 18.0 Å². The number of carbonyl (C=O) groups excluding carboxylic acids is 1. The van der Waals surface area contributed by atoms with Crippen LogP contribution in [-0.4, -0.2) is 47.8 Å². The Morgan fingerprint density at radius 1 is 1.04 bits per heavy atom. The van der Waals surface area contributed by atoms with Crippen molar-refractivity contribution in [3.8, 4) is 5.75 Å². The Morgan fingerprint density at radius 3 is 1.79 bits per heavy atom. The van der Waals surface area contributed by atoms with Crippen molar-refractivity contribution >= 4 is 16.1 Å². The first-order chi connectivity index (χ1) is 10.6. The summed E-state index contributed by atoms with van der Waals surface area (Å²) in [6, 6.07) is 2.81. The van der Waals surface area contributed by atoms with Gasteiger partial charge in [-0.2, -0.15) is 26.3 Å². The fourth-order valence-corrected chi connectivity index (χ4v) is 2.42. The SMILES string of the molecule is O=C(OC(CS(=O)(=O)[O-])(C(F)(F)F)C(F)(F)F)c1ccc(O)cc1. The predicted molar refractivity (Wildman–Crippen MR) is 62.9 cm³/mol. The summed E-state index contributed by atoms with van der Waals surface area (Å²) in [7, 11) is -6.09. The molecule has 0 aliphatic heterocycles. The van der Waals surface area contributed by atoms with Crippen LogP contribution in [0, 0.1) is 0 Å². The second-order valence-electron chi connectivity index (χ2n) is 4.46. The summed E-state index contributed by atoms with van der Waals surface area (Å²) in [5, 5.41) is 8.95. The first kappa shape index (κ1) is 20.0. The van der Waals surface area contributed by atoms with E-state index in [1.807, 2.05) is 0 Å². The first-order valence-corrected chi connectivity index (χ1v) is 7.26. The summed E-state index contributed by atoms with van der Waals surface area (Å²) >= 11 is 0. The topological polar surface area (TPSA) is 104 Å². The second-order valence-corrected chi connectivity index (χ2v) is 5.86. The van der Waals surface area contributed by atoms with E-state index in [9.17, 15) is 44.1 Å². The molecule has 0 unspecified atom stereocenters. The van der Waals surface area contributed by atoms with Gasteiger partial charge in [0.05, 0.1) is 21.4 Å². The molecule has 13 heteroatoms. The minimum Gasteiger partial charge on any atom is -0.748 e. The molecule has 6 nitrogen and oxygen atoms in total. The molecule has 0 saturated heterocycles. The zero-order chi connectivity index (χ0) is 19.0. The number of phenols is 1. The Balaban J connectivity index is 3.42. The Hall–Kier alpha value is -2.02. The molecule has 0 aliphatic carbocycles. The maximum Gasteiger partial charge on any atom is 0.438 e. The number of phenolic OH excluding ortho intramolecular Hbond substituents is 1. The van der Waals surface area contributed by atoms with Crippen LogP contribution in [0.5, 0.6) is 5.75 Å². The molecule has 0 amide bonds. The number of halogens is 6. The van der Waals surface area contributed by atoms with Crippen LogP contribution in [0.3, 0.4) is 0 Å². The monoisotopic (exact) mass is 381 g/mol. The molecule has 0 aliphatic rings. The van der Waals surface area contributed by atoms with E-state index in [2.05, 4.69) is 4.74 Å². The van der Waals surface area contributed by atoms with Gasteiger partial charge in [-0.25, -0.2) is 13.2 Å². The molecule has 24 heavy (non-hydrogen) atoms. The minimum atomic E-state index is -6.44. The molecule has 0 bridgehead atoms. The smallest absolute Gasteiger partial charge is 0.438 e. The fraction of sp³-hybridized carbons (Fsp3) is 0.364. The lowest BCUT2D eigenvalue weighted by Crippen LogP contribution is -2.63. The number of esters is 1. The Kier molecular flexibility index (Phi) is 5.11. The third kappa shape index (κ3) is 4.29. The van der Waals surface area contributed by atoms with Crippen LogP contribution in [0.2, 0.25) is 0 Å². The van der Waals surface area contributed by atoms with Gasteiger partial charge < -0.3 is 14.4 Å². The Morgan fingerprint density at radius 2 is 1.46 bits per heavy atom. The largest absolute Gasteiger partial charge is 0.748 e. The second kappa shape index (κ2) is 6.12. The number of ether oxygens (including phenoxy) is 1. The van der Waals surface area contributed by atoms with Gasteiger partial charge in [0.25, 0.3) is 0 Å². The van der Waals surface area contributed by atoms with Gasteiger partial charge >= 0.3 is 23.9 Å². The van der Waals surface area contributed by atoms with Gasteiger partial charge in [0.1, 0.15) is 5.75 Å². The third-order valence-electron chi connectivity index (χ3n) is 2.67. The lowest BCUT2D eigenvalue weighted by Gasteiger charge is -2.36. The maximum absolute atomic E-state index is 12.9. The van der Waals surface area contributed by atoms with Gasteiger partial charge in [0.2, 0.25) is 0 Å². The number of benzene rings is 1. The van der Waals surface area contributed by atoms with E-state index in [-0.39, 0.29) is 0 Å². The number of hydrogen-bond acceptors (Lipinski definition) is 6. The quantitative estimate of drug-likeness (QED) is 0.486. The van der Waals surface area contributed by atoms with E-state index >= 15 is 0 Å². The highest BCUT2D eigenvalue weighted by Gasteiger charge is 2.75. The van der Waals surface area contributed by atoms with Crippen molar-refractivity contribution in [1.29, 1.82) is 0 Å². The van der Waals surface area contributed by atoms with Crippen molar-refractivity contribution < 1.29 is 54.0 Å². The molecule has 1 N–H and O–H groups in total. The summed E-state index contributed by atoms with van der Waals surface area (Å²) in [5.74, 6) is -5.71. The third-order valence-corrected chi connectivity index (χ3v) is 3.43. The van der Waals surface area contributed by atoms with Gasteiger partial charge in [-0.05, 0) is 24.3 Å². The average Bonchev–Trinajstić information content (AvgIpc) is 2.34. The summed E-state index contributed by atoms with van der Waals surface area (Å²) in [6.45, 7) is 0. The zero-order valence-corrected chi connectivity index (χ0v) is 12.0. The molecular formula is C11H7F6O6S-. The van der Waals surface area contributed by atoms with E-state index in [1.54, 1.807) is 0 Å². The predicted octanol–water partition coefficient (Wildman–Crippen LogP) is 1.96. The molecule has 0 heterocycles. The zero-order valence-electron chi connectivity index (χ0n) is 11.2.